The number of hydrogen-bond donors (Lipinski definition) is 0. The maximum Gasteiger partial charge on any atom is 0.0928 e. The van der Waals surface area contributed by atoms with Crippen LogP contribution in [0.2, 0.25) is 5.02 Å². The largest absolute Gasteiger partial charge is 0.130 e. The molecule has 0 saturated carbocycles. The van der Waals surface area contributed by atoms with Crippen molar-refractivity contribution in [2.75, 3.05) is 0 Å². The number of thiophene rings is 1. The Hall–Kier alpha value is -0.0200. The van der Waals surface area contributed by atoms with Gasteiger partial charge in [0.05, 0.1) is 14.2 Å². The standard InChI is InChI=1S/C11H7BrCl2S/c12-11-8(13)6-9(15-11)10(14)7-4-2-1-3-5-7/h1-6,10H. The molecule has 0 N–H and O–H groups in total. The maximum atomic E-state index is 6.35. The first-order chi connectivity index (χ1) is 7.18. The van der Waals surface area contributed by atoms with E-state index in [0.29, 0.717) is 0 Å². The van der Waals surface area contributed by atoms with Crippen molar-refractivity contribution in [1.82, 2.24) is 0 Å². The topological polar surface area (TPSA) is 0 Å². The van der Waals surface area contributed by atoms with E-state index >= 15 is 0 Å². The van der Waals surface area contributed by atoms with Crippen LogP contribution < -0.4 is 0 Å². The Morgan fingerprint density at radius 2 is 1.87 bits per heavy atom. The zero-order chi connectivity index (χ0) is 10.8. The molecule has 0 nitrogen and oxygen atoms in total. The zero-order valence-electron chi connectivity index (χ0n) is 7.58. The summed E-state index contributed by atoms with van der Waals surface area (Å²) in [6, 6.07) is 11.9. The molecule has 15 heavy (non-hydrogen) atoms. The Morgan fingerprint density at radius 1 is 1.20 bits per heavy atom. The minimum Gasteiger partial charge on any atom is -0.130 e. The quantitative estimate of drug-likeness (QED) is 0.641. The average molecular weight is 322 g/mol. The van der Waals surface area contributed by atoms with Crippen molar-refractivity contribution < 1.29 is 0 Å². The number of alkyl halides is 1. The van der Waals surface area contributed by atoms with Crippen molar-refractivity contribution in [2.24, 2.45) is 0 Å². The molecule has 2 rings (SSSR count). The van der Waals surface area contributed by atoms with Gasteiger partial charge < -0.3 is 0 Å². The Labute approximate surface area is 111 Å². The first-order valence-corrected chi connectivity index (χ1v) is 6.74. The summed E-state index contributed by atoms with van der Waals surface area (Å²) >= 11 is 17.3. The molecule has 0 spiro atoms. The fourth-order valence-corrected chi connectivity index (χ4v) is 3.37. The molecule has 1 unspecified atom stereocenters. The van der Waals surface area contributed by atoms with Gasteiger partial charge in [-0.2, -0.15) is 0 Å². The van der Waals surface area contributed by atoms with Crippen LogP contribution in [0.15, 0.2) is 40.2 Å². The number of hydrogen-bond acceptors (Lipinski definition) is 1. The first-order valence-electron chi connectivity index (χ1n) is 4.32. The van der Waals surface area contributed by atoms with E-state index in [1.54, 1.807) is 11.3 Å². The maximum absolute atomic E-state index is 6.35. The minimum absolute atomic E-state index is 0.125. The third kappa shape index (κ3) is 2.56. The number of halogens is 3. The molecule has 0 radical (unpaired) electrons. The normalized spacial score (nSPS) is 12.7. The van der Waals surface area contributed by atoms with Crippen molar-refractivity contribution in [3.05, 3.63) is 55.6 Å². The highest BCUT2D eigenvalue weighted by Crippen LogP contribution is 2.40. The molecule has 4 heteroatoms. The van der Waals surface area contributed by atoms with Crippen LogP contribution in [-0.2, 0) is 0 Å². The molecule has 1 aromatic heterocycles. The van der Waals surface area contributed by atoms with Gasteiger partial charge in [-0.05, 0) is 27.6 Å². The molecule has 0 saturated heterocycles. The predicted molar refractivity (Wildman–Crippen MR) is 71.2 cm³/mol. The van der Waals surface area contributed by atoms with Gasteiger partial charge in [0.25, 0.3) is 0 Å². The number of rotatable bonds is 2. The van der Waals surface area contributed by atoms with Crippen molar-refractivity contribution in [2.45, 2.75) is 5.38 Å². The van der Waals surface area contributed by atoms with E-state index in [2.05, 4.69) is 15.9 Å². The van der Waals surface area contributed by atoms with Crippen LogP contribution >= 0.6 is 50.5 Å². The molecule has 0 bridgehead atoms. The van der Waals surface area contributed by atoms with Gasteiger partial charge in [-0.25, -0.2) is 0 Å². The lowest BCUT2D eigenvalue weighted by atomic mass is 10.1. The monoisotopic (exact) mass is 320 g/mol. The molecule has 0 amide bonds. The van der Waals surface area contributed by atoms with Crippen molar-refractivity contribution in [3.8, 4) is 0 Å². The summed E-state index contributed by atoms with van der Waals surface area (Å²) in [5.41, 5.74) is 1.09. The lowest BCUT2D eigenvalue weighted by molar-refractivity contribution is 1.18. The minimum atomic E-state index is -0.125. The van der Waals surface area contributed by atoms with Gasteiger partial charge in [0.1, 0.15) is 0 Å². The first kappa shape index (κ1) is 11.5. The van der Waals surface area contributed by atoms with Crippen LogP contribution in [0.3, 0.4) is 0 Å². The molecule has 2 aromatic rings. The van der Waals surface area contributed by atoms with E-state index in [1.165, 1.54) is 0 Å². The third-order valence-corrected chi connectivity index (χ3v) is 5.16. The van der Waals surface area contributed by atoms with Crippen molar-refractivity contribution >= 4 is 50.5 Å². The van der Waals surface area contributed by atoms with Crippen molar-refractivity contribution in [3.63, 3.8) is 0 Å². The highest BCUT2D eigenvalue weighted by molar-refractivity contribution is 9.11. The fourth-order valence-electron chi connectivity index (χ4n) is 1.27. The van der Waals surface area contributed by atoms with Crippen LogP contribution in [0, 0.1) is 0 Å². The Morgan fingerprint density at radius 3 is 2.40 bits per heavy atom. The highest BCUT2D eigenvalue weighted by Gasteiger charge is 2.14. The predicted octanol–water partition coefficient (Wildman–Crippen LogP) is 5.49. The van der Waals surface area contributed by atoms with Crippen LogP contribution in [0.25, 0.3) is 0 Å². The van der Waals surface area contributed by atoms with Crippen LogP contribution in [0.4, 0.5) is 0 Å². The molecule has 1 aromatic carbocycles. The van der Waals surface area contributed by atoms with E-state index in [0.717, 1.165) is 19.2 Å². The summed E-state index contributed by atoms with van der Waals surface area (Å²) in [5.74, 6) is 0. The molecular weight excluding hydrogens is 315 g/mol. The summed E-state index contributed by atoms with van der Waals surface area (Å²) in [6.45, 7) is 0. The Kier molecular flexibility index (Phi) is 3.73. The van der Waals surface area contributed by atoms with Gasteiger partial charge in [0, 0.05) is 4.88 Å². The number of benzene rings is 1. The smallest absolute Gasteiger partial charge is 0.0928 e. The molecule has 0 aliphatic heterocycles. The van der Waals surface area contributed by atoms with Gasteiger partial charge >= 0.3 is 0 Å². The summed E-state index contributed by atoms with van der Waals surface area (Å²) in [6.07, 6.45) is 0. The van der Waals surface area contributed by atoms with E-state index in [-0.39, 0.29) is 5.38 Å². The van der Waals surface area contributed by atoms with Gasteiger partial charge in [0.15, 0.2) is 0 Å². The van der Waals surface area contributed by atoms with E-state index in [4.69, 9.17) is 23.2 Å². The molecule has 0 aliphatic rings. The summed E-state index contributed by atoms with van der Waals surface area (Å²) in [4.78, 5) is 1.06. The second-order valence-corrected chi connectivity index (χ2v) is 6.29. The lowest BCUT2D eigenvalue weighted by Crippen LogP contribution is -1.88. The Balaban J connectivity index is 2.32. The SMILES string of the molecule is Clc1cc(C(Cl)c2ccccc2)sc1Br. The van der Waals surface area contributed by atoms with Gasteiger partial charge in [0.2, 0.25) is 0 Å². The third-order valence-electron chi connectivity index (χ3n) is 2.01. The highest BCUT2D eigenvalue weighted by atomic mass is 79.9. The van der Waals surface area contributed by atoms with Crippen LogP contribution in [0.1, 0.15) is 15.8 Å². The summed E-state index contributed by atoms with van der Waals surface area (Å²) < 4.78 is 0.931. The summed E-state index contributed by atoms with van der Waals surface area (Å²) in [5, 5.41) is 0.594. The molecule has 1 atom stereocenters. The average Bonchev–Trinajstić information content (AvgIpc) is 2.59. The molecule has 0 fully saturated rings. The second kappa shape index (κ2) is 4.88. The van der Waals surface area contributed by atoms with E-state index in [9.17, 15) is 0 Å². The van der Waals surface area contributed by atoms with Gasteiger partial charge in [-0.3, -0.25) is 0 Å². The van der Waals surface area contributed by atoms with Gasteiger partial charge in [-0.1, -0.05) is 41.9 Å². The molecule has 78 valence electrons. The molecule has 0 aliphatic carbocycles. The fraction of sp³-hybridized carbons (Fsp3) is 0.0909. The van der Waals surface area contributed by atoms with Crippen LogP contribution in [0.5, 0.6) is 0 Å². The van der Waals surface area contributed by atoms with Gasteiger partial charge in [-0.15, -0.1) is 22.9 Å². The molecular formula is C11H7BrCl2S. The summed E-state index contributed by atoms with van der Waals surface area (Å²) in [7, 11) is 0. The van der Waals surface area contributed by atoms with E-state index < -0.39 is 0 Å². The van der Waals surface area contributed by atoms with Crippen LogP contribution in [-0.4, -0.2) is 0 Å². The van der Waals surface area contributed by atoms with Crippen molar-refractivity contribution in [1.29, 1.82) is 0 Å². The molecule has 1 heterocycles. The van der Waals surface area contributed by atoms with E-state index in [1.807, 2.05) is 36.4 Å². The lowest BCUT2D eigenvalue weighted by Gasteiger charge is -2.06. The second-order valence-electron chi connectivity index (χ2n) is 3.04. The zero-order valence-corrected chi connectivity index (χ0v) is 11.5. The Bertz CT molecular complexity index is 433.